The first kappa shape index (κ1) is 15.0. The quantitative estimate of drug-likeness (QED) is 0.311. The van der Waals surface area contributed by atoms with Gasteiger partial charge in [0.1, 0.15) is 5.75 Å². The minimum Gasteiger partial charge on any atom is -0.496 e. The van der Waals surface area contributed by atoms with E-state index in [9.17, 15) is 0 Å². The van der Waals surface area contributed by atoms with Crippen molar-refractivity contribution in [2.24, 2.45) is 5.84 Å². The summed E-state index contributed by atoms with van der Waals surface area (Å²) in [7, 11) is 1.71. The number of nitrogens with one attached hydrogen (secondary N) is 2. The second-order valence-corrected chi connectivity index (χ2v) is 5.33. The van der Waals surface area contributed by atoms with E-state index >= 15 is 0 Å². The van der Waals surface area contributed by atoms with Crippen molar-refractivity contribution in [3.8, 4) is 5.75 Å². The molecule has 0 saturated carbocycles. The van der Waals surface area contributed by atoms with E-state index < -0.39 is 0 Å². The predicted molar refractivity (Wildman–Crippen MR) is 75.7 cm³/mol. The fraction of sp³-hybridized carbons (Fsp3) is 0.571. The lowest BCUT2D eigenvalue weighted by Gasteiger charge is -2.28. The Morgan fingerprint density at radius 1 is 1.22 bits per heavy atom. The van der Waals surface area contributed by atoms with Crippen LogP contribution in [0.1, 0.15) is 30.5 Å². The van der Waals surface area contributed by atoms with Crippen LogP contribution >= 0.6 is 0 Å². The van der Waals surface area contributed by atoms with Crippen molar-refractivity contribution in [1.82, 2.24) is 10.7 Å². The molecule has 4 nitrogen and oxygen atoms in total. The zero-order valence-electron chi connectivity index (χ0n) is 12.1. The number of ether oxygens (including phenoxy) is 1. The van der Waals surface area contributed by atoms with Crippen LogP contribution in [0, 0.1) is 13.8 Å². The first-order valence-corrected chi connectivity index (χ1v) is 6.22. The molecule has 1 rings (SSSR count). The van der Waals surface area contributed by atoms with Crippen LogP contribution < -0.4 is 21.3 Å². The molecule has 0 aliphatic rings. The van der Waals surface area contributed by atoms with E-state index in [4.69, 9.17) is 10.6 Å². The summed E-state index contributed by atoms with van der Waals surface area (Å²) in [6, 6.07) is 4.32. The summed E-state index contributed by atoms with van der Waals surface area (Å²) in [4.78, 5) is 0. The normalized spacial score (nSPS) is 11.7. The number of methoxy groups -OCH3 is 1. The second kappa shape index (κ2) is 6.18. The van der Waals surface area contributed by atoms with Gasteiger partial charge in [-0.2, -0.15) is 0 Å². The first-order chi connectivity index (χ1) is 8.42. The molecule has 4 heteroatoms. The fourth-order valence-electron chi connectivity index (χ4n) is 2.28. The van der Waals surface area contributed by atoms with Gasteiger partial charge in [0, 0.05) is 12.0 Å². The van der Waals surface area contributed by atoms with Gasteiger partial charge in [-0.3, -0.25) is 5.84 Å². The lowest BCUT2D eigenvalue weighted by atomic mass is 9.81. The second-order valence-electron chi connectivity index (χ2n) is 5.33. The number of hydrogen-bond donors (Lipinski definition) is 3. The molecule has 0 fully saturated rings. The van der Waals surface area contributed by atoms with Crippen molar-refractivity contribution in [3.05, 3.63) is 28.8 Å². The summed E-state index contributed by atoms with van der Waals surface area (Å²) >= 11 is 0. The molecule has 102 valence electrons. The molecule has 0 aromatic heterocycles. The predicted octanol–water partition coefficient (Wildman–Crippen LogP) is 1.60. The van der Waals surface area contributed by atoms with E-state index in [2.05, 4.69) is 50.6 Å². The average Bonchev–Trinajstić information content (AvgIpc) is 2.31. The van der Waals surface area contributed by atoms with Gasteiger partial charge in [0.15, 0.2) is 0 Å². The van der Waals surface area contributed by atoms with Crippen LogP contribution in [0.15, 0.2) is 12.1 Å². The smallest absolute Gasteiger partial charge is 0.122 e. The number of aryl methyl sites for hydroxylation is 2. The van der Waals surface area contributed by atoms with Crippen LogP contribution in [0.5, 0.6) is 5.75 Å². The van der Waals surface area contributed by atoms with E-state index in [1.165, 1.54) is 16.7 Å². The third kappa shape index (κ3) is 3.45. The van der Waals surface area contributed by atoms with Crippen LogP contribution in [0.25, 0.3) is 0 Å². The molecule has 18 heavy (non-hydrogen) atoms. The lowest BCUT2D eigenvalue weighted by Crippen LogP contribution is -2.40. The Morgan fingerprint density at radius 2 is 1.89 bits per heavy atom. The molecule has 0 spiro atoms. The number of nitrogens with two attached hydrogens (primary N) is 1. The molecule has 1 aromatic carbocycles. The van der Waals surface area contributed by atoms with E-state index in [0.717, 1.165) is 12.3 Å². The van der Waals surface area contributed by atoms with E-state index in [0.29, 0.717) is 6.67 Å². The summed E-state index contributed by atoms with van der Waals surface area (Å²) < 4.78 is 5.35. The van der Waals surface area contributed by atoms with Gasteiger partial charge in [-0.15, -0.1) is 0 Å². The van der Waals surface area contributed by atoms with Crippen LogP contribution in [0.2, 0.25) is 0 Å². The topological polar surface area (TPSA) is 59.3 Å². The van der Waals surface area contributed by atoms with Gasteiger partial charge in [-0.1, -0.05) is 19.9 Å². The minimum atomic E-state index is 0.0535. The van der Waals surface area contributed by atoms with Gasteiger partial charge in [-0.25, -0.2) is 5.43 Å². The van der Waals surface area contributed by atoms with Crippen molar-refractivity contribution >= 4 is 0 Å². The summed E-state index contributed by atoms with van der Waals surface area (Å²) in [5, 5.41) is 3.28. The van der Waals surface area contributed by atoms with E-state index in [1.54, 1.807) is 7.11 Å². The average molecular weight is 251 g/mol. The Balaban J connectivity index is 2.97. The summed E-state index contributed by atoms with van der Waals surface area (Å²) in [5.41, 5.74) is 6.42. The van der Waals surface area contributed by atoms with E-state index in [1.807, 2.05) is 0 Å². The highest BCUT2D eigenvalue weighted by molar-refractivity contribution is 5.44. The van der Waals surface area contributed by atoms with Crippen molar-refractivity contribution in [1.29, 1.82) is 0 Å². The Hall–Kier alpha value is -1.10. The maximum atomic E-state index is 5.35. The Kier molecular flexibility index (Phi) is 5.14. The van der Waals surface area contributed by atoms with E-state index in [-0.39, 0.29) is 5.41 Å². The van der Waals surface area contributed by atoms with Gasteiger partial charge in [0.05, 0.1) is 13.8 Å². The Labute approximate surface area is 110 Å². The molecule has 0 heterocycles. The van der Waals surface area contributed by atoms with Gasteiger partial charge in [0.2, 0.25) is 0 Å². The van der Waals surface area contributed by atoms with Crippen LogP contribution in [-0.2, 0) is 5.41 Å². The molecule has 0 atom stereocenters. The van der Waals surface area contributed by atoms with Gasteiger partial charge >= 0.3 is 0 Å². The van der Waals surface area contributed by atoms with Gasteiger partial charge in [-0.05, 0) is 36.6 Å². The number of hydrogen-bond acceptors (Lipinski definition) is 4. The molecule has 4 N–H and O–H groups in total. The van der Waals surface area contributed by atoms with Crippen molar-refractivity contribution in [2.75, 3.05) is 20.3 Å². The third-order valence-electron chi connectivity index (χ3n) is 3.26. The van der Waals surface area contributed by atoms with Crippen molar-refractivity contribution in [3.63, 3.8) is 0 Å². The zero-order valence-corrected chi connectivity index (χ0v) is 12.1. The molecule has 0 aliphatic carbocycles. The highest BCUT2D eigenvalue weighted by Crippen LogP contribution is 2.31. The Morgan fingerprint density at radius 3 is 2.44 bits per heavy atom. The third-order valence-corrected chi connectivity index (χ3v) is 3.26. The largest absolute Gasteiger partial charge is 0.496 e. The molecule has 0 amide bonds. The van der Waals surface area contributed by atoms with Gasteiger partial charge < -0.3 is 10.1 Å². The summed E-state index contributed by atoms with van der Waals surface area (Å²) in [5.74, 6) is 6.21. The van der Waals surface area contributed by atoms with Crippen LogP contribution in [0.3, 0.4) is 0 Å². The number of rotatable bonds is 6. The molecule has 0 unspecified atom stereocenters. The minimum absolute atomic E-state index is 0.0535. The molecular weight excluding hydrogens is 226 g/mol. The van der Waals surface area contributed by atoms with Crippen molar-refractivity contribution < 1.29 is 4.74 Å². The number of benzene rings is 1. The van der Waals surface area contributed by atoms with Crippen LogP contribution in [0.4, 0.5) is 0 Å². The highest BCUT2D eigenvalue weighted by Gasteiger charge is 2.23. The maximum Gasteiger partial charge on any atom is 0.122 e. The fourth-order valence-corrected chi connectivity index (χ4v) is 2.28. The molecule has 0 aliphatic heterocycles. The molecular formula is C14H25N3O. The summed E-state index contributed by atoms with van der Waals surface area (Å²) in [6.45, 7) is 10.1. The zero-order chi connectivity index (χ0) is 13.8. The standard InChI is InChI=1S/C14H25N3O/c1-10-7-13(18-5)11(2)6-12(10)14(3,4)8-16-9-17-15/h6-7,16-17H,8-9,15H2,1-5H3. The van der Waals surface area contributed by atoms with Gasteiger partial charge in [0.25, 0.3) is 0 Å². The van der Waals surface area contributed by atoms with Crippen molar-refractivity contribution in [2.45, 2.75) is 33.1 Å². The molecule has 0 bridgehead atoms. The first-order valence-electron chi connectivity index (χ1n) is 6.22. The lowest BCUT2D eigenvalue weighted by molar-refractivity contribution is 0.409. The SMILES string of the molecule is COc1cc(C)c(C(C)(C)CNCNN)cc1C. The Bertz CT molecular complexity index is 402. The molecule has 1 aromatic rings. The number of hydrazine groups is 1. The molecule has 0 saturated heterocycles. The maximum absolute atomic E-state index is 5.35. The highest BCUT2D eigenvalue weighted by atomic mass is 16.5. The van der Waals surface area contributed by atoms with Crippen LogP contribution in [-0.4, -0.2) is 20.3 Å². The summed E-state index contributed by atoms with van der Waals surface area (Å²) in [6.07, 6.45) is 0. The molecule has 0 radical (unpaired) electrons. The monoisotopic (exact) mass is 251 g/mol.